The largest absolute Gasteiger partial charge is 0.496 e. The van der Waals surface area contributed by atoms with Crippen LogP contribution in [0, 0.1) is 0 Å². The number of urea groups is 1. The van der Waals surface area contributed by atoms with E-state index in [9.17, 15) is 9.90 Å². The van der Waals surface area contributed by atoms with Crippen molar-refractivity contribution in [2.75, 3.05) is 14.2 Å². The number of carbonyl (C=O) groups is 1. The molecule has 0 aliphatic heterocycles. The first kappa shape index (κ1) is 16.6. The van der Waals surface area contributed by atoms with Crippen molar-refractivity contribution in [3.63, 3.8) is 0 Å². The fraction of sp³-hybridized carbons (Fsp3) is 0.588. The van der Waals surface area contributed by atoms with Gasteiger partial charge >= 0.3 is 6.03 Å². The molecule has 0 spiro atoms. The number of hydrogen-bond acceptors (Lipinski definition) is 3. The Balaban J connectivity index is 1.97. The molecule has 1 aliphatic carbocycles. The molecule has 0 saturated heterocycles. The van der Waals surface area contributed by atoms with Gasteiger partial charge in [0.2, 0.25) is 0 Å². The molecule has 1 unspecified atom stereocenters. The Labute approximate surface area is 132 Å². The minimum absolute atomic E-state index is 0.0784. The number of para-hydroxylation sites is 1. The molecule has 0 heterocycles. The first-order valence-electron chi connectivity index (χ1n) is 7.87. The van der Waals surface area contributed by atoms with Crippen molar-refractivity contribution in [3.8, 4) is 5.75 Å². The second kappa shape index (κ2) is 7.49. The van der Waals surface area contributed by atoms with Crippen LogP contribution >= 0.6 is 0 Å². The summed E-state index contributed by atoms with van der Waals surface area (Å²) >= 11 is 0. The normalized spacial score (nSPS) is 22.7. The molecule has 1 aromatic carbocycles. The predicted octanol–water partition coefficient (Wildman–Crippen LogP) is 2.70. The monoisotopic (exact) mass is 306 g/mol. The third-order valence-electron chi connectivity index (χ3n) is 4.51. The molecule has 1 saturated carbocycles. The Morgan fingerprint density at radius 1 is 1.32 bits per heavy atom. The quantitative estimate of drug-likeness (QED) is 0.899. The van der Waals surface area contributed by atoms with E-state index in [0.717, 1.165) is 37.0 Å². The Morgan fingerprint density at radius 2 is 1.95 bits per heavy atom. The highest BCUT2D eigenvalue weighted by Crippen LogP contribution is 2.28. The number of nitrogens with zero attached hydrogens (tertiary/aromatic N) is 1. The highest BCUT2D eigenvalue weighted by atomic mass is 16.5. The summed E-state index contributed by atoms with van der Waals surface area (Å²) in [6.07, 6.45) is 2.99. The first-order chi connectivity index (χ1) is 10.5. The van der Waals surface area contributed by atoms with Crippen LogP contribution < -0.4 is 10.1 Å². The summed E-state index contributed by atoms with van der Waals surface area (Å²) in [5.74, 6) is 0.787. The van der Waals surface area contributed by atoms with Gasteiger partial charge in [-0.15, -0.1) is 0 Å². The molecule has 1 aliphatic rings. The van der Waals surface area contributed by atoms with Crippen LogP contribution in [0.2, 0.25) is 0 Å². The highest BCUT2D eigenvalue weighted by molar-refractivity contribution is 5.75. The van der Waals surface area contributed by atoms with Crippen molar-refractivity contribution in [2.24, 2.45) is 0 Å². The lowest BCUT2D eigenvalue weighted by molar-refractivity contribution is 0.115. The number of nitrogens with one attached hydrogen (secondary N) is 1. The van der Waals surface area contributed by atoms with Gasteiger partial charge in [0, 0.05) is 18.7 Å². The second-order valence-corrected chi connectivity index (χ2v) is 5.98. The SMILES string of the molecule is COc1ccccc1C(C)N(C)C(=O)NC1CCC(O)CC1. The molecule has 5 nitrogen and oxygen atoms in total. The topological polar surface area (TPSA) is 61.8 Å². The van der Waals surface area contributed by atoms with Crippen molar-refractivity contribution in [1.82, 2.24) is 10.2 Å². The molecule has 122 valence electrons. The number of amides is 2. The van der Waals surface area contributed by atoms with E-state index in [1.54, 1.807) is 19.1 Å². The fourth-order valence-electron chi connectivity index (χ4n) is 2.89. The number of aliphatic hydroxyl groups is 1. The van der Waals surface area contributed by atoms with E-state index in [1.165, 1.54) is 0 Å². The molecule has 0 aromatic heterocycles. The highest BCUT2D eigenvalue weighted by Gasteiger charge is 2.25. The molecule has 1 fully saturated rings. The van der Waals surface area contributed by atoms with Crippen molar-refractivity contribution in [2.45, 2.75) is 50.8 Å². The predicted molar refractivity (Wildman–Crippen MR) is 86.0 cm³/mol. The maximum Gasteiger partial charge on any atom is 0.317 e. The van der Waals surface area contributed by atoms with Crippen LogP contribution in [0.25, 0.3) is 0 Å². The molecular formula is C17H26N2O3. The number of aliphatic hydroxyl groups excluding tert-OH is 1. The molecule has 22 heavy (non-hydrogen) atoms. The van der Waals surface area contributed by atoms with E-state index in [0.29, 0.717) is 0 Å². The zero-order valence-electron chi connectivity index (χ0n) is 13.6. The molecule has 2 rings (SSSR count). The summed E-state index contributed by atoms with van der Waals surface area (Å²) < 4.78 is 5.37. The Kier molecular flexibility index (Phi) is 5.66. The Hall–Kier alpha value is -1.75. The van der Waals surface area contributed by atoms with E-state index in [-0.39, 0.29) is 24.2 Å². The number of ether oxygens (including phenoxy) is 1. The fourth-order valence-corrected chi connectivity index (χ4v) is 2.89. The van der Waals surface area contributed by atoms with Crippen LogP contribution in [0.5, 0.6) is 5.75 Å². The molecule has 0 radical (unpaired) electrons. The third kappa shape index (κ3) is 3.91. The standard InChI is InChI=1S/C17H26N2O3/c1-12(15-6-4-5-7-16(15)22-3)19(2)17(21)18-13-8-10-14(20)11-9-13/h4-7,12-14,20H,8-11H2,1-3H3,(H,18,21). The van der Waals surface area contributed by atoms with Crippen LogP contribution in [0.3, 0.4) is 0 Å². The van der Waals surface area contributed by atoms with Crippen LogP contribution in [-0.4, -0.2) is 42.3 Å². The van der Waals surface area contributed by atoms with Gasteiger partial charge < -0.3 is 20.1 Å². The molecular weight excluding hydrogens is 280 g/mol. The van der Waals surface area contributed by atoms with Crippen LogP contribution in [0.4, 0.5) is 4.79 Å². The number of methoxy groups -OCH3 is 1. The molecule has 1 aromatic rings. The smallest absolute Gasteiger partial charge is 0.317 e. The van der Waals surface area contributed by atoms with Gasteiger partial charge in [-0.2, -0.15) is 0 Å². The maximum absolute atomic E-state index is 12.4. The summed E-state index contributed by atoms with van der Waals surface area (Å²) in [7, 11) is 3.43. The number of hydrogen-bond donors (Lipinski definition) is 2. The summed E-state index contributed by atoms with van der Waals surface area (Å²) in [6.45, 7) is 1.99. The molecule has 5 heteroatoms. The van der Waals surface area contributed by atoms with Gasteiger partial charge in [0.1, 0.15) is 5.75 Å². The van der Waals surface area contributed by atoms with E-state index in [4.69, 9.17) is 4.74 Å². The lowest BCUT2D eigenvalue weighted by Gasteiger charge is -2.31. The van der Waals surface area contributed by atoms with Crippen LogP contribution in [-0.2, 0) is 0 Å². The van der Waals surface area contributed by atoms with Gasteiger partial charge in [0.25, 0.3) is 0 Å². The summed E-state index contributed by atoms with van der Waals surface area (Å²) in [6, 6.07) is 7.74. The number of rotatable bonds is 4. The summed E-state index contributed by atoms with van der Waals surface area (Å²) in [4.78, 5) is 14.1. The lowest BCUT2D eigenvalue weighted by atomic mass is 9.93. The maximum atomic E-state index is 12.4. The molecule has 2 amide bonds. The average Bonchev–Trinajstić information content (AvgIpc) is 2.55. The zero-order valence-corrected chi connectivity index (χ0v) is 13.6. The van der Waals surface area contributed by atoms with Gasteiger partial charge in [0.15, 0.2) is 0 Å². The van der Waals surface area contributed by atoms with E-state index >= 15 is 0 Å². The molecule has 1 atom stereocenters. The van der Waals surface area contributed by atoms with E-state index in [1.807, 2.05) is 31.2 Å². The Morgan fingerprint density at radius 3 is 2.59 bits per heavy atom. The minimum atomic E-state index is -0.210. The van der Waals surface area contributed by atoms with Crippen LogP contribution in [0.1, 0.15) is 44.2 Å². The average molecular weight is 306 g/mol. The third-order valence-corrected chi connectivity index (χ3v) is 4.51. The minimum Gasteiger partial charge on any atom is -0.496 e. The Bertz CT molecular complexity index is 498. The van der Waals surface area contributed by atoms with Gasteiger partial charge in [-0.3, -0.25) is 0 Å². The van der Waals surface area contributed by atoms with Crippen LogP contribution in [0.15, 0.2) is 24.3 Å². The first-order valence-corrected chi connectivity index (χ1v) is 7.87. The number of carbonyl (C=O) groups excluding carboxylic acids is 1. The molecule has 2 N–H and O–H groups in total. The summed E-state index contributed by atoms with van der Waals surface area (Å²) in [5.41, 5.74) is 0.988. The van der Waals surface area contributed by atoms with Crippen molar-refractivity contribution < 1.29 is 14.6 Å². The molecule has 0 bridgehead atoms. The second-order valence-electron chi connectivity index (χ2n) is 5.98. The van der Waals surface area contributed by atoms with E-state index < -0.39 is 0 Å². The lowest BCUT2D eigenvalue weighted by Crippen LogP contribution is -2.45. The van der Waals surface area contributed by atoms with Gasteiger partial charge in [-0.05, 0) is 38.7 Å². The van der Waals surface area contributed by atoms with Crippen molar-refractivity contribution >= 4 is 6.03 Å². The van der Waals surface area contributed by atoms with E-state index in [2.05, 4.69) is 5.32 Å². The summed E-state index contributed by atoms with van der Waals surface area (Å²) in [5, 5.41) is 12.6. The number of benzene rings is 1. The van der Waals surface area contributed by atoms with Gasteiger partial charge in [-0.1, -0.05) is 18.2 Å². The zero-order chi connectivity index (χ0) is 16.1. The van der Waals surface area contributed by atoms with Crippen molar-refractivity contribution in [3.05, 3.63) is 29.8 Å². The van der Waals surface area contributed by atoms with Gasteiger partial charge in [-0.25, -0.2) is 4.79 Å². The van der Waals surface area contributed by atoms with Gasteiger partial charge in [0.05, 0.1) is 19.3 Å². The van der Waals surface area contributed by atoms with Crippen molar-refractivity contribution in [1.29, 1.82) is 0 Å².